The fourth-order valence-corrected chi connectivity index (χ4v) is 3.22. The Morgan fingerprint density at radius 1 is 1.29 bits per heavy atom. The van der Waals surface area contributed by atoms with Crippen molar-refractivity contribution in [1.29, 1.82) is 0 Å². The summed E-state index contributed by atoms with van der Waals surface area (Å²) in [5.41, 5.74) is 7.13. The third-order valence-corrected chi connectivity index (χ3v) is 4.91. The van der Waals surface area contributed by atoms with Crippen molar-refractivity contribution in [3.05, 3.63) is 29.8 Å². The molecule has 2 unspecified atom stereocenters. The van der Waals surface area contributed by atoms with Gasteiger partial charge < -0.3 is 11.1 Å². The second kappa shape index (κ2) is 7.59. The molecule has 0 amide bonds. The summed E-state index contributed by atoms with van der Waals surface area (Å²) in [6.07, 6.45) is 7.81. The average molecular weight is 307 g/mol. The van der Waals surface area contributed by atoms with Gasteiger partial charge in [0.2, 0.25) is 0 Å². The van der Waals surface area contributed by atoms with E-state index < -0.39 is 10.8 Å². The first-order valence-corrected chi connectivity index (χ1v) is 9.15. The lowest BCUT2D eigenvalue weighted by atomic mass is 9.96. The average Bonchev–Trinajstić information content (AvgIpc) is 2.48. The number of benzene rings is 1. The maximum Gasteiger partial charge on any atom is 0.189 e. The third-order valence-electron chi connectivity index (χ3n) is 3.97. The van der Waals surface area contributed by atoms with Gasteiger partial charge in [-0.3, -0.25) is 9.20 Å². The minimum Gasteiger partial charge on any atom is -0.370 e. The van der Waals surface area contributed by atoms with Crippen LogP contribution in [0.15, 0.2) is 34.2 Å². The van der Waals surface area contributed by atoms with Gasteiger partial charge in [-0.25, -0.2) is 0 Å². The van der Waals surface area contributed by atoms with Crippen LogP contribution in [0, 0.1) is 0 Å². The molecule has 1 aromatic rings. The van der Waals surface area contributed by atoms with Crippen LogP contribution in [0.1, 0.15) is 50.6 Å². The van der Waals surface area contributed by atoms with Crippen molar-refractivity contribution in [2.75, 3.05) is 6.26 Å². The topological polar surface area (TPSA) is 67.5 Å². The molecule has 1 aliphatic carbocycles. The molecule has 1 aliphatic rings. The maximum absolute atomic E-state index is 11.4. The molecular weight excluding hydrogens is 282 g/mol. The molecule has 1 fully saturated rings. The zero-order valence-electron chi connectivity index (χ0n) is 12.8. The molecule has 1 aromatic carbocycles. The lowest BCUT2D eigenvalue weighted by molar-refractivity contribution is 0.441. The van der Waals surface area contributed by atoms with E-state index in [1.807, 2.05) is 24.3 Å². The van der Waals surface area contributed by atoms with Gasteiger partial charge in [0.1, 0.15) is 0 Å². The molecule has 0 radical (unpaired) electrons. The molecule has 116 valence electrons. The van der Waals surface area contributed by atoms with Crippen LogP contribution < -0.4 is 11.1 Å². The quantitative estimate of drug-likeness (QED) is 0.664. The molecule has 0 aliphatic heterocycles. The highest BCUT2D eigenvalue weighted by molar-refractivity contribution is 7.84. The van der Waals surface area contributed by atoms with Crippen molar-refractivity contribution in [3.63, 3.8) is 0 Å². The lowest BCUT2D eigenvalue weighted by Crippen LogP contribution is -2.35. The van der Waals surface area contributed by atoms with Crippen LogP contribution >= 0.6 is 0 Å². The fourth-order valence-electron chi connectivity index (χ4n) is 2.70. The first-order valence-electron chi connectivity index (χ1n) is 7.59. The molecular formula is C16H25N3OS. The third kappa shape index (κ3) is 4.84. The Morgan fingerprint density at radius 3 is 2.48 bits per heavy atom. The molecule has 0 aromatic heterocycles. The minimum atomic E-state index is -0.935. The van der Waals surface area contributed by atoms with Crippen LogP contribution in [0.4, 0.5) is 0 Å². The molecule has 1 saturated carbocycles. The molecule has 5 heteroatoms. The Morgan fingerprint density at radius 2 is 1.90 bits per heavy atom. The number of rotatable bonds is 4. The summed E-state index contributed by atoms with van der Waals surface area (Å²) in [5.74, 6) is 0.526. The Hall–Kier alpha value is -1.36. The number of aliphatic imine (C=N–C) groups is 1. The predicted molar refractivity (Wildman–Crippen MR) is 88.8 cm³/mol. The highest BCUT2D eigenvalue weighted by Crippen LogP contribution is 2.20. The second-order valence-electron chi connectivity index (χ2n) is 5.70. The highest BCUT2D eigenvalue weighted by Gasteiger charge is 2.13. The van der Waals surface area contributed by atoms with Crippen molar-refractivity contribution in [1.82, 2.24) is 5.32 Å². The molecule has 0 bridgehead atoms. The van der Waals surface area contributed by atoms with E-state index >= 15 is 0 Å². The fraction of sp³-hybridized carbons (Fsp3) is 0.562. The van der Waals surface area contributed by atoms with Gasteiger partial charge in [0.15, 0.2) is 5.96 Å². The van der Waals surface area contributed by atoms with Gasteiger partial charge >= 0.3 is 0 Å². The molecule has 4 nitrogen and oxygen atoms in total. The van der Waals surface area contributed by atoms with E-state index in [0.717, 1.165) is 23.3 Å². The molecule has 2 atom stereocenters. The van der Waals surface area contributed by atoms with Gasteiger partial charge in [-0.1, -0.05) is 31.4 Å². The molecule has 0 heterocycles. The number of nitrogens with two attached hydrogens (primary N) is 1. The van der Waals surface area contributed by atoms with E-state index in [0.29, 0.717) is 12.0 Å². The zero-order valence-corrected chi connectivity index (χ0v) is 13.7. The number of hydrogen-bond acceptors (Lipinski definition) is 2. The van der Waals surface area contributed by atoms with Gasteiger partial charge in [0.25, 0.3) is 0 Å². The van der Waals surface area contributed by atoms with Crippen LogP contribution in [0.25, 0.3) is 0 Å². The summed E-state index contributed by atoms with van der Waals surface area (Å²) < 4.78 is 11.4. The summed E-state index contributed by atoms with van der Waals surface area (Å²) >= 11 is 0. The molecule has 3 N–H and O–H groups in total. The first-order chi connectivity index (χ1) is 10.1. The smallest absolute Gasteiger partial charge is 0.189 e. The Bertz CT molecular complexity index is 507. The lowest BCUT2D eigenvalue weighted by Gasteiger charge is -2.20. The summed E-state index contributed by atoms with van der Waals surface area (Å²) in [7, 11) is -0.935. The van der Waals surface area contributed by atoms with Crippen LogP contribution in [0.5, 0.6) is 0 Å². The van der Waals surface area contributed by atoms with Crippen LogP contribution in [0.3, 0.4) is 0 Å². The summed E-state index contributed by atoms with van der Waals surface area (Å²) in [5, 5.41) is 3.24. The predicted octanol–water partition coefficient (Wildman–Crippen LogP) is 2.72. The van der Waals surface area contributed by atoms with Crippen molar-refractivity contribution >= 4 is 16.8 Å². The van der Waals surface area contributed by atoms with Crippen LogP contribution in [0.2, 0.25) is 0 Å². The number of nitrogens with zero attached hydrogens (tertiary/aromatic N) is 1. The maximum atomic E-state index is 11.4. The van der Waals surface area contributed by atoms with E-state index in [2.05, 4.69) is 17.2 Å². The van der Waals surface area contributed by atoms with Crippen LogP contribution in [-0.2, 0) is 10.8 Å². The zero-order chi connectivity index (χ0) is 15.2. The van der Waals surface area contributed by atoms with Crippen molar-refractivity contribution in [2.24, 2.45) is 10.7 Å². The SMILES string of the molecule is CC(NC(N)=NC1CCCCC1)c1ccc(S(C)=O)cc1. The van der Waals surface area contributed by atoms with Crippen LogP contribution in [-0.4, -0.2) is 22.5 Å². The summed E-state index contributed by atoms with van der Waals surface area (Å²) in [6.45, 7) is 2.06. The monoisotopic (exact) mass is 307 g/mol. The summed E-state index contributed by atoms with van der Waals surface area (Å²) in [4.78, 5) is 5.42. The van der Waals surface area contributed by atoms with Crippen molar-refractivity contribution < 1.29 is 4.21 Å². The standard InChI is InChI=1S/C16H25N3OS/c1-12(13-8-10-15(11-9-13)21(2)20)18-16(17)19-14-6-4-3-5-7-14/h8-12,14H,3-7H2,1-2H3,(H3,17,18,19). The van der Waals surface area contributed by atoms with E-state index in [-0.39, 0.29) is 6.04 Å². The first kappa shape index (κ1) is 16.0. The Labute approximate surface area is 129 Å². The van der Waals surface area contributed by atoms with E-state index in [9.17, 15) is 4.21 Å². The highest BCUT2D eigenvalue weighted by atomic mass is 32.2. The van der Waals surface area contributed by atoms with Gasteiger partial charge in [-0.05, 0) is 37.5 Å². The molecule has 2 rings (SSSR count). The van der Waals surface area contributed by atoms with Gasteiger partial charge in [-0.2, -0.15) is 0 Å². The largest absolute Gasteiger partial charge is 0.370 e. The summed E-state index contributed by atoms with van der Waals surface area (Å²) in [6, 6.07) is 8.25. The van der Waals surface area contributed by atoms with Gasteiger partial charge in [0.05, 0.1) is 12.1 Å². The van der Waals surface area contributed by atoms with E-state index in [1.54, 1.807) is 6.26 Å². The molecule has 0 spiro atoms. The second-order valence-corrected chi connectivity index (χ2v) is 7.08. The van der Waals surface area contributed by atoms with Gasteiger partial charge in [-0.15, -0.1) is 0 Å². The molecule has 0 saturated heterocycles. The normalized spacial score (nSPS) is 20.0. The Kier molecular flexibility index (Phi) is 5.79. The van der Waals surface area contributed by atoms with Crippen molar-refractivity contribution in [2.45, 2.75) is 56.0 Å². The Balaban J connectivity index is 1.94. The molecule has 21 heavy (non-hydrogen) atoms. The van der Waals surface area contributed by atoms with E-state index in [4.69, 9.17) is 5.73 Å². The van der Waals surface area contributed by atoms with Crippen molar-refractivity contribution in [3.8, 4) is 0 Å². The number of nitrogens with one attached hydrogen (secondary N) is 1. The number of guanidine groups is 1. The van der Waals surface area contributed by atoms with Gasteiger partial charge in [0, 0.05) is 22.0 Å². The minimum absolute atomic E-state index is 0.0942. The number of hydrogen-bond donors (Lipinski definition) is 2. The van der Waals surface area contributed by atoms with E-state index in [1.165, 1.54) is 19.3 Å².